The maximum atomic E-state index is 12.0. The number of rotatable bonds is 7. The molecular formula is C22H28N4O2. The third-order valence-corrected chi connectivity index (χ3v) is 4.66. The lowest BCUT2D eigenvalue weighted by Gasteiger charge is -2.26. The molecule has 0 bridgehead atoms. The standard InChI is InChI=1S/C22H28N4O2/c1-23-22(24-14-16-28-20-7-3-2-4-8-20)25-17-18-10-12-19(13-11-18)26-15-6-5-9-21(26)27/h2-4,7-8,10-13H,5-6,9,14-17H2,1H3,(H2,23,24,25). The largest absolute Gasteiger partial charge is 0.492 e. The monoisotopic (exact) mass is 380 g/mol. The molecule has 2 N–H and O–H groups in total. The van der Waals surface area contributed by atoms with E-state index in [1.807, 2.05) is 47.4 Å². The first kappa shape index (κ1) is 19.7. The molecule has 0 saturated carbocycles. The van der Waals surface area contributed by atoms with Gasteiger partial charge in [-0.05, 0) is 42.7 Å². The predicted octanol–water partition coefficient (Wildman–Crippen LogP) is 2.95. The molecule has 1 fully saturated rings. The van der Waals surface area contributed by atoms with Gasteiger partial charge in [-0.3, -0.25) is 9.79 Å². The summed E-state index contributed by atoms with van der Waals surface area (Å²) in [6.45, 7) is 2.69. The lowest BCUT2D eigenvalue weighted by Crippen LogP contribution is -2.38. The molecule has 0 radical (unpaired) electrons. The van der Waals surface area contributed by atoms with Crippen molar-refractivity contribution in [2.75, 3.05) is 31.6 Å². The van der Waals surface area contributed by atoms with Gasteiger partial charge in [0.15, 0.2) is 5.96 Å². The van der Waals surface area contributed by atoms with E-state index in [1.165, 1.54) is 0 Å². The Kier molecular flexibility index (Phi) is 7.29. The number of benzene rings is 2. The van der Waals surface area contributed by atoms with Gasteiger partial charge in [0.1, 0.15) is 12.4 Å². The first-order chi connectivity index (χ1) is 13.8. The van der Waals surface area contributed by atoms with Crippen molar-refractivity contribution in [2.24, 2.45) is 4.99 Å². The summed E-state index contributed by atoms with van der Waals surface area (Å²) in [5.74, 6) is 1.81. The van der Waals surface area contributed by atoms with Gasteiger partial charge in [-0.25, -0.2) is 0 Å². The molecule has 1 heterocycles. The summed E-state index contributed by atoms with van der Waals surface area (Å²) >= 11 is 0. The number of ether oxygens (including phenoxy) is 1. The molecule has 0 aromatic heterocycles. The Balaban J connectivity index is 1.41. The first-order valence-electron chi connectivity index (χ1n) is 9.78. The summed E-state index contributed by atoms with van der Waals surface area (Å²) in [5.41, 5.74) is 2.12. The summed E-state index contributed by atoms with van der Waals surface area (Å²) in [7, 11) is 1.75. The molecular weight excluding hydrogens is 352 g/mol. The normalized spacial score (nSPS) is 14.7. The highest BCUT2D eigenvalue weighted by Gasteiger charge is 2.19. The van der Waals surface area contributed by atoms with E-state index in [0.717, 1.165) is 42.3 Å². The molecule has 2 aromatic rings. The van der Waals surface area contributed by atoms with Crippen LogP contribution in [0.4, 0.5) is 5.69 Å². The topological polar surface area (TPSA) is 66.0 Å². The number of aliphatic imine (C=N–C) groups is 1. The molecule has 6 nitrogen and oxygen atoms in total. The summed E-state index contributed by atoms with van der Waals surface area (Å²) in [6, 6.07) is 17.9. The maximum Gasteiger partial charge on any atom is 0.226 e. The summed E-state index contributed by atoms with van der Waals surface area (Å²) < 4.78 is 5.67. The van der Waals surface area contributed by atoms with Crippen molar-refractivity contribution in [1.82, 2.24) is 10.6 Å². The molecule has 1 amide bonds. The molecule has 3 rings (SSSR count). The van der Waals surface area contributed by atoms with Crippen LogP contribution in [0.2, 0.25) is 0 Å². The van der Waals surface area contributed by atoms with Gasteiger partial charge in [0.05, 0.1) is 6.54 Å². The Hall–Kier alpha value is -3.02. The van der Waals surface area contributed by atoms with Crippen LogP contribution in [-0.4, -0.2) is 38.6 Å². The van der Waals surface area contributed by atoms with Crippen LogP contribution in [0.1, 0.15) is 24.8 Å². The van der Waals surface area contributed by atoms with Crippen molar-refractivity contribution >= 4 is 17.6 Å². The zero-order chi connectivity index (χ0) is 19.6. The Morgan fingerprint density at radius 3 is 2.57 bits per heavy atom. The van der Waals surface area contributed by atoms with E-state index in [0.29, 0.717) is 26.1 Å². The van der Waals surface area contributed by atoms with Crippen molar-refractivity contribution in [1.29, 1.82) is 0 Å². The summed E-state index contributed by atoms with van der Waals surface area (Å²) in [6.07, 6.45) is 2.73. The minimum atomic E-state index is 0.222. The minimum absolute atomic E-state index is 0.222. The van der Waals surface area contributed by atoms with Crippen LogP contribution in [0.3, 0.4) is 0 Å². The zero-order valence-corrected chi connectivity index (χ0v) is 16.4. The van der Waals surface area contributed by atoms with Crippen LogP contribution in [0.25, 0.3) is 0 Å². The zero-order valence-electron chi connectivity index (χ0n) is 16.4. The van der Waals surface area contributed by atoms with E-state index < -0.39 is 0 Å². The summed E-state index contributed by atoms with van der Waals surface area (Å²) in [5, 5.41) is 6.53. The fraction of sp³-hybridized carbons (Fsp3) is 0.364. The van der Waals surface area contributed by atoms with Gasteiger partial charge in [0, 0.05) is 32.2 Å². The Labute approximate surface area is 166 Å². The van der Waals surface area contributed by atoms with E-state index in [1.54, 1.807) is 7.05 Å². The van der Waals surface area contributed by atoms with Crippen molar-refractivity contribution in [3.8, 4) is 5.75 Å². The predicted molar refractivity (Wildman–Crippen MR) is 113 cm³/mol. The van der Waals surface area contributed by atoms with Gasteiger partial charge in [0.2, 0.25) is 5.91 Å². The van der Waals surface area contributed by atoms with Crippen molar-refractivity contribution in [3.05, 3.63) is 60.2 Å². The second kappa shape index (κ2) is 10.3. The van der Waals surface area contributed by atoms with Gasteiger partial charge in [-0.2, -0.15) is 0 Å². The molecule has 0 aliphatic carbocycles. The number of hydrogen-bond acceptors (Lipinski definition) is 3. The number of carbonyl (C=O) groups is 1. The highest BCUT2D eigenvalue weighted by Crippen LogP contribution is 2.21. The van der Waals surface area contributed by atoms with E-state index in [4.69, 9.17) is 4.74 Å². The number of carbonyl (C=O) groups excluding carboxylic acids is 1. The first-order valence-corrected chi connectivity index (χ1v) is 9.78. The Morgan fingerprint density at radius 1 is 1.07 bits per heavy atom. The van der Waals surface area contributed by atoms with Crippen LogP contribution in [0.15, 0.2) is 59.6 Å². The molecule has 0 spiro atoms. The quantitative estimate of drug-likeness (QED) is 0.440. The number of hydrogen-bond donors (Lipinski definition) is 2. The number of anilines is 1. The number of nitrogens with one attached hydrogen (secondary N) is 2. The molecule has 0 atom stereocenters. The van der Waals surface area contributed by atoms with Gasteiger partial charge in [-0.1, -0.05) is 30.3 Å². The number of guanidine groups is 1. The van der Waals surface area contributed by atoms with Crippen LogP contribution >= 0.6 is 0 Å². The molecule has 1 aliphatic heterocycles. The number of nitrogens with zero attached hydrogens (tertiary/aromatic N) is 2. The van der Waals surface area contributed by atoms with E-state index >= 15 is 0 Å². The highest BCUT2D eigenvalue weighted by molar-refractivity contribution is 5.93. The van der Waals surface area contributed by atoms with Crippen LogP contribution in [0.5, 0.6) is 5.75 Å². The average molecular weight is 380 g/mol. The smallest absolute Gasteiger partial charge is 0.226 e. The molecule has 1 saturated heterocycles. The van der Waals surface area contributed by atoms with Crippen LogP contribution < -0.4 is 20.3 Å². The second-order valence-electron chi connectivity index (χ2n) is 6.68. The molecule has 148 valence electrons. The number of piperidine rings is 1. The van der Waals surface area contributed by atoms with Crippen LogP contribution in [0, 0.1) is 0 Å². The number of amides is 1. The van der Waals surface area contributed by atoms with Gasteiger partial charge in [0.25, 0.3) is 0 Å². The summed E-state index contributed by atoms with van der Waals surface area (Å²) in [4.78, 5) is 18.1. The maximum absolute atomic E-state index is 12.0. The van der Waals surface area contributed by atoms with Gasteiger partial charge < -0.3 is 20.3 Å². The van der Waals surface area contributed by atoms with Gasteiger partial charge >= 0.3 is 0 Å². The fourth-order valence-corrected chi connectivity index (χ4v) is 3.13. The van der Waals surface area contributed by atoms with Crippen molar-refractivity contribution < 1.29 is 9.53 Å². The van der Waals surface area contributed by atoms with E-state index in [9.17, 15) is 4.79 Å². The SMILES string of the molecule is CN=C(NCCOc1ccccc1)NCc1ccc(N2CCCCC2=O)cc1. The van der Waals surface area contributed by atoms with Crippen LogP contribution in [-0.2, 0) is 11.3 Å². The van der Waals surface area contributed by atoms with Crippen molar-refractivity contribution in [2.45, 2.75) is 25.8 Å². The highest BCUT2D eigenvalue weighted by atomic mass is 16.5. The average Bonchev–Trinajstić information content (AvgIpc) is 2.75. The molecule has 1 aliphatic rings. The third kappa shape index (κ3) is 5.74. The Morgan fingerprint density at radius 2 is 1.86 bits per heavy atom. The lowest BCUT2D eigenvalue weighted by atomic mass is 10.1. The van der Waals surface area contributed by atoms with E-state index in [-0.39, 0.29) is 5.91 Å². The lowest BCUT2D eigenvalue weighted by molar-refractivity contribution is -0.119. The number of para-hydroxylation sites is 1. The molecule has 6 heteroatoms. The van der Waals surface area contributed by atoms with Crippen molar-refractivity contribution in [3.63, 3.8) is 0 Å². The van der Waals surface area contributed by atoms with E-state index in [2.05, 4.69) is 27.8 Å². The Bertz CT molecular complexity index is 775. The molecule has 28 heavy (non-hydrogen) atoms. The van der Waals surface area contributed by atoms with Gasteiger partial charge in [-0.15, -0.1) is 0 Å². The third-order valence-electron chi connectivity index (χ3n) is 4.66. The second-order valence-corrected chi connectivity index (χ2v) is 6.68. The minimum Gasteiger partial charge on any atom is -0.492 e. The fourth-order valence-electron chi connectivity index (χ4n) is 3.13. The molecule has 2 aromatic carbocycles. The molecule has 0 unspecified atom stereocenters.